The Hall–Kier alpha value is -18.0. The van der Waals surface area contributed by atoms with Gasteiger partial charge in [-0.25, -0.2) is 74.5 Å². The summed E-state index contributed by atoms with van der Waals surface area (Å²) < 4.78 is 202. The molecule has 0 bridgehead atoms. The molecule has 20 nitrogen and oxygen atoms in total. The lowest BCUT2D eigenvalue weighted by atomic mass is 9.98. The number of hydrogen-bond acceptors (Lipinski definition) is 12. The van der Waals surface area contributed by atoms with Gasteiger partial charge in [0.2, 0.25) is 0 Å². The molecule has 9 aromatic carbocycles. The number of amides is 3. The van der Waals surface area contributed by atoms with Crippen molar-refractivity contribution >= 4 is 68.4 Å². The molecule has 12 aromatic heterocycles. The summed E-state index contributed by atoms with van der Waals surface area (Å²) in [5.41, 5.74) is 12.8. The first-order valence-electron chi connectivity index (χ1n) is 43.5. The SMILES string of the molecule is C.Cc1ccc(NC(=O)c2cc(-c3ccnn4c(-c5cccc(F)c5F)cnc34)cnc2C)cc1.Cc1ccc(NC(=O)c2nc(-c3cccn4c(-c5cccc(F)c5F)cnc34)ccc2C(F)(F)F)cc1.Cc1ccc(NC(=O)c2nc(-c3cccn4c(-c5cccc(F)c5F)cnc34)ccc2C)cc1.Cc1ccc2nc(-c3cc(-c4cccn5c(-c6cccc(F)c6F)cnc45)ccc3C(F)(F)F)[nH]c2c1. The molecular weight excluding hydrogens is 1860 g/mol. The highest BCUT2D eigenvalue weighted by atomic mass is 19.4. The highest BCUT2D eigenvalue weighted by molar-refractivity contribution is 6.07. The van der Waals surface area contributed by atoms with Crippen molar-refractivity contribution in [2.24, 2.45) is 0 Å². The van der Waals surface area contributed by atoms with Crippen molar-refractivity contribution in [1.29, 1.82) is 0 Å². The number of hydrogen-bond donors (Lipinski definition) is 4. The van der Waals surface area contributed by atoms with Crippen LogP contribution in [0.4, 0.5) is 78.5 Å². The zero-order valence-corrected chi connectivity index (χ0v) is 75.3. The van der Waals surface area contributed by atoms with E-state index in [-0.39, 0.29) is 69.9 Å². The minimum absolute atomic E-state index is 0. The largest absolute Gasteiger partial charge is 0.418 e. The first kappa shape index (κ1) is 96.7. The maximum absolute atomic E-state index is 14.5. The number of anilines is 3. The van der Waals surface area contributed by atoms with Gasteiger partial charge >= 0.3 is 12.4 Å². The minimum atomic E-state index is -4.83. The summed E-state index contributed by atoms with van der Waals surface area (Å²) in [7, 11) is 0. The number of carbonyl (C=O) groups excluding carboxylic acids is 3. The van der Waals surface area contributed by atoms with Crippen molar-refractivity contribution in [2.75, 3.05) is 16.0 Å². The molecule has 34 heteroatoms. The molecule has 21 rings (SSSR count). The van der Waals surface area contributed by atoms with Gasteiger partial charge < -0.3 is 20.9 Å². The first-order chi connectivity index (χ1) is 68.2. The van der Waals surface area contributed by atoms with Gasteiger partial charge in [-0.15, -0.1) is 0 Å². The maximum atomic E-state index is 14.5. The number of aromatic nitrogens is 14. The fourth-order valence-electron chi connectivity index (χ4n) is 16.1. The summed E-state index contributed by atoms with van der Waals surface area (Å²) in [5.74, 6) is -9.40. The number of fused-ring (bicyclic) bond motifs is 5. The van der Waals surface area contributed by atoms with Gasteiger partial charge in [-0.2, -0.15) is 31.4 Å². The molecule has 143 heavy (non-hydrogen) atoms. The Balaban J connectivity index is 0.000000131. The number of carbonyl (C=O) groups is 3. The highest BCUT2D eigenvalue weighted by Crippen LogP contribution is 2.43. The monoisotopic (exact) mass is 1940 g/mol. The summed E-state index contributed by atoms with van der Waals surface area (Å²) in [6.07, 6.45) is 4.34. The van der Waals surface area contributed by atoms with Crippen LogP contribution in [0.1, 0.15) is 83.4 Å². The van der Waals surface area contributed by atoms with E-state index in [0.29, 0.717) is 118 Å². The van der Waals surface area contributed by atoms with Gasteiger partial charge in [0.25, 0.3) is 17.7 Å². The average Bonchev–Trinajstić information content (AvgIpc) is 1.64. The average molecular weight is 1940 g/mol. The third-order valence-corrected chi connectivity index (χ3v) is 23.3. The van der Waals surface area contributed by atoms with Crippen LogP contribution < -0.4 is 16.0 Å². The predicted molar refractivity (Wildman–Crippen MR) is 519 cm³/mol. The molecule has 0 atom stereocenters. The van der Waals surface area contributed by atoms with E-state index in [1.807, 2.05) is 113 Å². The lowest BCUT2D eigenvalue weighted by Gasteiger charge is -2.14. The summed E-state index contributed by atoms with van der Waals surface area (Å²) in [5, 5.41) is 12.5. The molecule has 12 heterocycles. The van der Waals surface area contributed by atoms with Gasteiger partial charge in [-0.1, -0.05) is 103 Å². The number of aryl methyl sites for hydroxylation is 6. The molecule has 0 spiro atoms. The van der Waals surface area contributed by atoms with Gasteiger partial charge in [0.05, 0.1) is 92.4 Å². The van der Waals surface area contributed by atoms with E-state index in [2.05, 4.69) is 65.9 Å². The van der Waals surface area contributed by atoms with Crippen LogP contribution in [0.3, 0.4) is 0 Å². The topological polar surface area (TPSA) is 237 Å². The number of imidazole rings is 5. The zero-order valence-electron chi connectivity index (χ0n) is 75.3. The van der Waals surface area contributed by atoms with Crippen LogP contribution in [0.15, 0.2) is 311 Å². The molecule has 0 radical (unpaired) electrons. The maximum Gasteiger partial charge on any atom is 0.418 e. The Morgan fingerprint density at radius 2 is 0.734 bits per heavy atom. The third-order valence-electron chi connectivity index (χ3n) is 23.3. The molecule has 714 valence electrons. The van der Waals surface area contributed by atoms with Crippen LogP contribution in [0.25, 0.3) is 135 Å². The van der Waals surface area contributed by atoms with Gasteiger partial charge in [0, 0.05) is 104 Å². The summed E-state index contributed by atoms with van der Waals surface area (Å²) in [6.45, 7) is 11.3. The zero-order chi connectivity index (χ0) is 99.9. The summed E-state index contributed by atoms with van der Waals surface area (Å²) in [6, 6.07) is 65.5. The molecule has 0 aliphatic carbocycles. The molecule has 4 N–H and O–H groups in total. The van der Waals surface area contributed by atoms with Gasteiger partial charge in [0.1, 0.15) is 34.2 Å². The Morgan fingerprint density at radius 1 is 0.336 bits per heavy atom. The quantitative estimate of drug-likeness (QED) is 0.0702. The van der Waals surface area contributed by atoms with Crippen LogP contribution in [-0.4, -0.2) is 85.4 Å². The lowest BCUT2D eigenvalue weighted by Crippen LogP contribution is -2.21. The predicted octanol–water partition coefficient (Wildman–Crippen LogP) is 27.2. The van der Waals surface area contributed by atoms with Gasteiger partial charge in [-0.3, -0.25) is 32.6 Å². The Morgan fingerprint density at radius 3 is 1.22 bits per heavy atom. The highest BCUT2D eigenvalue weighted by Gasteiger charge is 2.38. The first-order valence-corrected chi connectivity index (χ1v) is 43.5. The fourth-order valence-corrected chi connectivity index (χ4v) is 16.1. The molecule has 0 aliphatic heterocycles. The summed E-state index contributed by atoms with van der Waals surface area (Å²) in [4.78, 5) is 76.8. The lowest BCUT2D eigenvalue weighted by molar-refractivity contribution is -0.138. The molecule has 0 saturated carbocycles. The van der Waals surface area contributed by atoms with Crippen molar-refractivity contribution in [2.45, 2.75) is 61.3 Å². The molecular formula is C109H77F14N17O3. The van der Waals surface area contributed by atoms with Gasteiger partial charge in [0.15, 0.2) is 52.2 Å². The van der Waals surface area contributed by atoms with Crippen molar-refractivity contribution in [1.82, 2.24) is 67.7 Å². The number of halogens is 14. The van der Waals surface area contributed by atoms with Crippen molar-refractivity contribution < 1.29 is 75.8 Å². The number of alkyl halides is 6. The van der Waals surface area contributed by atoms with E-state index < -0.39 is 81.6 Å². The minimum Gasteiger partial charge on any atom is -0.338 e. The Kier molecular flexibility index (Phi) is 26.9. The number of H-pyrrole nitrogens is 1. The second-order valence-electron chi connectivity index (χ2n) is 32.9. The number of benzene rings is 9. The Bertz CT molecular complexity index is 8270. The van der Waals surface area contributed by atoms with E-state index in [4.69, 9.17) is 0 Å². The van der Waals surface area contributed by atoms with Crippen molar-refractivity contribution in [3.63, 3.8) is 0 Å². The number of nitrogens with one attached hydrogen (secondary N) is 4. The number of aromatic amines is 1. The van der Waals surface area contributed by atoms with Crippen LogP contribution in [-0.2, 0) is 12.4 Å². The normalized spacial score (nSPS) is 11.4. The van der Waals surface area contributed by atoms with Crippen LogP contribution >= 0.6 is 0 Å². The molecule has 0 saturated heterocycles. The molecule has 0 aliphatic rings. The molecule has 0 fully saturated rings. The van der Waals surface area contributed by atoms with Crippen LogP contribution in [0.5, 0.6) is 0 Å². The number of nitrogens with zero attached hydrogens (tertiary/aromatic N) is 13. The second-order valence-corrected chi connectivity index (χ2v) is 32.9. The van der Waals surface area contributed by atoms with Crippen LogP contribution in [0, 0.1) is 88.1 Å². The van der Waals surface area contributed by atoms with E-state index in [9.17, 15) is 75.8 Å². The molecule has 21 aromatic rings. The third kappa shape index (κ3) is 19.8. The fraction of sp³-hybridized carbons (Fsp3) is 0.0826. The molecule has 0 unspecified atom stereocenters. The number of pyridine rings is 6. The second kappa shape index (κ2) is 39.9. The standard InChI is InChI=1S/C28H17F5N4.C27H17F5N4O.C27H20F2N4O.C26H19F2N5O.CH4/c1-15-7-10-22-23(12-15)36-26(35-22)19-13-16(8-9-20(19)28(31,32)33)17-5-3-11-37-24(14-34-27(17)37)18-4-2-6-21(29)25(18)30;1-15-7-9-16(10-8-15)34-26(37)24-19(27(30,31)32)11-12-21(35-24)17-5-3-13-36-22(14-33-25(17)36)18-4-2-6-20(28)23(18)29;1-16-8-11-18(12-9-16)31-27(34)25-17(2)10-13-22(32-25)19-6-4-14-33-23(15-30-26(19)33)20-5-3-7-21(28)24(20)29;1-15-6-8-18(9-7-15)32-26(34)21-12-17(13-29-16(21)2)19-10-11-31-33-23(14-30-25(19)33)20-4-3-5-22(27)24(20)28;/h2-14H,1H3,(H,35,36);2-14H,1H3,(H,34,37);3-15H,1-2H3,(H,31,34);3-14H,1-2H3,(H,32,34);1H4. The van der Waals surface area contributed by atoms with E-state index in [1.54, 1.807) is 113 Å². The van der Waals surface area contributed by atoms with Gasteiger partial charge in [-0.05, 0) is 234 Å². The van der Waals surface area contributed by atoms with E-state index in [0.717, 1.165) is 70.3 Å². The Labute approximate surface area is 804 Å². The van der Waals surface area contributed by atoms with E-state index >= 15 is 0 Å². The van der Waals surface area contributed by atoms with Crippen molar-refractivity contribution in [3.05, 3.63) is 419 Å². The summed E-state index contributed by atoms with van der Waals surface area (Å²) >= 11 is 0. The number of rotatable bonds is 15. The smallest absolute Gasteiger partial charge is 0.338 e. The van der Waals surface area contributed by atoms with E-state index in [1.165, 1.54) is 101 Å². The molecule has 3 amide bonds. The van der Waals surface area contributed by atoms with Crippen molar-refractivity contribution in [3.8, 4) is 101 Å². The van der Waals surface area contributed by atoms with Crippen LogP contribution in [0.2, 0.25) is 0 Å².